The van der Waals surface area contributed by atoms with Gasteiger partial charge in [0.25, 0.3) is 5.56 Å². The summed E-state index contributed by atoms with van der Waals surface area (Å²) in [6.07, 6.45) is 4.11. The Morgan fingerprint density at radius 2 is 1.82 bits per heavy atom. The van der Waals surface area contributed by atoms with Crippen LogP contribution in [0.25, 0.3) is 22.0 Å². The van der Waals surface area contributed by atoms with E-state index >= 15 is 0 Å². The zero-order valence-corrected chi connectivity index (χ0v) is 20.8. The number of carbonyl (C=O) groups is 1. The number of nitrogens with one attached hydrogen (secondary N) is 1. The zero-order valence-electron chi connectivity index (χ0n) is 20.8. The van der Waals surface area contributed by atoms with E-state index in [1.54, 1.807) is 41.3 Å². The number of rotatable bonds is 5. The van der Waals surface area contributed by atoms with Crippen molar-refractivity contribution in [3.63, 3.8) is 0 Å². The van der Waals surface area contributed by atoms with Crippen molar-refractivity contribution in [3.05, 3.63) is 70.8 Å². The molecule has 3 aliphatic heterocycles. The van der Waals surface area contributed by atoms with E-state index < -0.39 is 6.61 Å². The third-order valence-electron chi connectivity index (χ3n) is 7.86. The molecule has 0 aliphatic carbocycles. The van der Waals surface area contributed by atoms with Gasteiger partial charge in [-0.25, -0.2) is 19.4 Å². The first-order valence-electron chi connectivity index (χ1n) is 12.9. The third kappa shape index (κ3) is 3.89. The molecule has 0 unspecified atom stereocenters. The molecular formula is C27H25F2N7O3. The molecule has 0 spiro atoms. The van der Waals surface area contributed by atoms with Crippen LogP contribution in [0, 0.1) is 0 Å². The Balaban J connectivity index is 1.21. The largest absolute Gasteiger partial charge is 0.434 e. The predicted molar refractivity (Wildman–Crippen MR) is 139 cm³/mol. The molecule has 39 heavy (non-hydrogen) atoms. The van der Waals surface area contributed by atoms with E-state index in [1.165, 1.54) is 6.07 Å². The number of fused-ring (bicyclic) bond motifs is 4. The molecule has 200 valence electrons. The van der Waals surface area contributed by atoms with Gasteiger partial charge in [-0.3, -0.25) is 9.48 Å². The maximum Gasteiger partial charge on any atom is 0.387 e. The van der Waals surface area contributed by atoms with Crippen LogP contribution < -0.4 is 20.5 Å². The van der Waals surface area contributed by atoms with Crippen molar-refractivity contribution in [2.75, 3.05) is 31.1 Å². The Labute approximate surface area is 221 Å². The number of nitrogens with zero attached hydrogens (tertiary/aromatic N) is 6. The SMILES string of the molecule is O=C1NC[C@H]2CN(c3ncc(-c4ccc5c(=O)n6n(c5c4)[C@@H](c4ccccc4OC(F)F)CC6)cn3)CCN12. The molecule has 0 radical (unpaired) electrons. The van der Waals surface area contributed by atoms with Crippen LogP contribution in [0.3, 0.4) is 0 Å². The van der Waals surface area contributed by atoms with Crippen LogP contribution in [0.4, 0.5) is 19.5 Å². The number of benzene rings is 2. The van der Waals surface area contributed by atoms with Gasteiger partial charge in [-0.1, -0.05) is 24.3 Å². The van der Waals surface area contributed by atoms with Crippen LogP contribution in [0.1, 0.15) is 18.0 Å². The molecule has 2 aromatic carbocycles. The van der Waals surface area contributed by atoms with Gasteiger partial charge in [0.2, 0.25) is 5.95 Å². The first-order chi connectivity index (χ1) is 19.0. The van der Waals surface area contributed by atoms with Crippen LogP contribution in [0.15, 0.2) is 59.7 Å². The van der Waals surface area contributed by atoms with E-state index in [9.17, 15) is 18.4 Å². The van der Waals surface area contributed by atoms with Gasteiger partial charge in [-0.15, -0.1) is 0 Å². The minimum absolute atomic E-state index is 0.0187. The number of piperazine rings is 1. The number of hydrogen-bond acceptors (Lipinski definition) is 6. The fraction of sp³-hybridized carbons (Fsp3) is 0.333. The molecule has 0 saturated carbocycles. The summed E-state index contributed by atoms with van der Waals surface area (Å²) < 4.78 is 34.5. The summed E-state index contributed by atoms with van der Waals surface area (Å²) in [5.74, 6) is 0.717. The Kier molecular flexibility index (Phi) is 5.49. The van der Waals surface area contributed by atoms with Crippen LogP contribution in [0.2, 0.25) is 0 Å². The minimum Gasteiger partial charge on any atom is -0.434 e. The van der Waals surface area contributed by atoms with E-state index in [0.717, 1.165) is 11.1 Å². The molecule has 2 fully saturated rings. The number of aromatic nitrogens is 4. The van der Waals surface area contributed by atoms with Gasteiger partial charge in [-0.05, 0) is 30.2 Å². The Morgan fingerprint density at radius 3 is 2.64 bits per heavy atom. The van der Waals surface area contributed by atoms with E-state index in [-0.39, 0.29) is 29.4 Å². The second-order valence-corrected chi connectivity index (χ2v) is 9.98. The quantitative estimate of drug-likeness (QED) is 0.424. The van der Waals surface area contributed by atoms with Crippen molar-refractivity contribution < 1.29 is 18.3 Å². The van der Waals surface area contributed by atoms with E-state index in [2.05, 4.69) is 20.2 Å². The van der Waals surface area contributed by atoms with E-state index in [0.29, 0.717) is 61.6 Å². The topological polar surface area (TPSA) is 97.5 Å². The van der Waals surface area contributed by atoms with Gasteiger partial charge < -0.3 is 19.9 Å². The number of amides is 2. The number of carbonyl (C=O) groups excluding carboxylic acids is 1. The van der Waals surface area contributed by atoms with Crippen molar-refractivity contribution in [1.82, 2.24) is 29.5 Å². The van der Waals surface area contributed by atoms with Gasteiger partial charge >= 0.3 is 12.6 Å². The predicted octanol–water partition coefficient (Wildman–Crippen LogP) is 3.07. The lowest BCUT2D eigenvalue weighted by molar-refractivity contribution is -0.0507. The first kappa shape index (κ1) is 23.6. The van der Waals surface area contributed by atoms with Gasteiger partial charge in [0, 0.05) is 56.2 Å². The number of halogens is 2. The van der Waals surface area contributed by atoms with Crippen molar-refractivity contribution in [2.24, 2.45) is 0 Å². The van der Waals surface area contributed by atoms with Crippen molar-refractivity contribution >= 4 is 22.9 Å². The van der Waals surface area contributed by atoms with E-state index in [4.69, 9.17) is 4.74 Å². The Morgan fingerprint density at radius 1 is 1.00 bits per heavy atom. The normalized spacial score (nSPS) is 20.4. The fourth-order valence-corrected chi connectivity index (χ4v) is 6.03. The highest BCUT2D eigenvalue weighted by atomic mass is 19.3. The molecule has 0 bridgehead atoms. The van der Waals surface area contributed by atoms with Gasteiger partial charge in [0.1, 0.15) is 5.75 Å². The summed E-state index contributed by atoms with van der Waals surface area (Å²) >= 11 is 0. The number of hydrogen-bond donors (Lipinski definition) is 1. The molecule has 2 amide bonds. The molecule has 7 rings (SSSR count). The highest BCUT2D eigenvalue weighted by Gasteiger charge is 2.36. The van der Waals surface area contributed by atoms with Crippen molar-refractivity contribution in [1.29, 1.82) is 0 Å². The van der Waals surface area contributed by atoms with Crippen LogP contribution >= 0.6 is 0 Å². The van der Waals surface area contributed by atoms with Crippen molar-refractivity contribution in [3.8, 4) is 16.9 Å². The molecule has 10 nitrogen and oxygen atoms in total. The highest BCUT2D eigenvalue weighted by Crippen LogP contribution is 2.37. The standard InChI is InChI=1S/C27H25F2N7O3/c28-25(29)39-23-4-2-1-3-19(23)21-7-8-35-24(37)20-6-5-16(11-22(20)36(21)35)17-12-30-26(31-13-17)33-9-10-34-18(15-33)14-32-27(34)38/h1-6,11-13,18,21,25H,7-10,14-15H2,(H,32,38)/t18-,21+/m0/s1. The number of anilines is 1. The van der Waals surface area contributed by atoms with Crippen LogP contribution in [-0.2, 0) is 6.54 Å². The molecule has 2 aromatic heterocycles. The second kappa shape index (κ2) is 9.07. The molecule has 3 aliphatic rings. The fourth-order valence-electron chi connectivity index (χ4n) is 6.03. The number of alkyl halides is 2. The summed E-state index contributed by atoms with van der Waals surface area (Å²) in [5, 5.41) is 3.44. The van der Waals surface area contributed by atoms with Gasteiger partial charge in [0.05, 0.1) is 23.0 Å². The smallest absolute Gasteiger partial charge is 0.387 e. The molecular weight excluding hydrogens is 508 g/mol. The Hall–Kier alpha value is -4.48. The molecule has 2 saturated heterocycles. The van der Waals surface area contributed by atoms with Crippen LogP contribution in [-0.4, -0.2) is 69.1 Å². The number of para-hydroxylation sites is 1. The van der Waals surface area contributed by atoms with Crippen molar-refractivity contribution in [2.45, 2.75) is 31.7 Å². The third-order valence-corrected chi connectivity index (χ3v) is 7.86. The van der Waals surface area contributed by atoms with Gasteiger partial charge in [-0.2, -0.15) is 8.78 Å². The number of ether oxygens (including phenoxy) is 1. The molecule has 5 heterocycles. The minimum atomic E-state index is -2.94. The average molecular weight is 534 g/mol. The van der Waals surface area contributed by atoms with Crippen LogP contribution in [0.5, 0.6) is 5.75 Å². The maximum atomic E-state index is 13.2. The highest BCUT2D eigenvalue weighted by molar-refractivity contribution is 5.85. The molecule has 2 atom stereocenters. The lowest BCUT2D eigenvalue weighted by Gasteiger charge is -2.36. The summed E-state index contributed by atoms with van der Waals surface area (Å²) in [4.78, 5) is 38.2. The summed E-state index contributed by atoms with van der Waals surface area (Å²) in [5.41, 5.74) is 2.84. The average Bonchev–Trinajstić information content (AvgIpc) is 3.63. The Bertz CT molecular complexity index is 1630. The zero-order chi connectivity index (χ0) is 26.7. The molecule has 4 aromatic rings. The van der Waals surface area contributed by atoms with E-state index in [1.807, 2.05) is 21.7 Å². The molecule has 12 heteroatoms. The van der Waals surface area contributed by atoms with Gasteiger partial charge in [0.15, 0.2) is 0 Å². The maximum absolute atomic E-state index is 13.2. The monoisotopic (exact) mass is 533 g/mol. The molecule has 1 N–H and O–H groups in total. The summed E-state index contributed by atoms with van der Waals surface area (Å²) in [6.45, 7) is 0.110. The first-order valence-corrected chi connectivity index (χ1v) is 12.9. The lowest BCUT2D eigenvalue weighted by atomic mass is 10.0. The number of urea groups is 1. The summed E-state index contributed by atoms with van der Waals surface area (Å²) in [6, 6.07) is 12.1. The summed E-state index contributed by atoms with van der Waals surface area (Å²) in [7, 11) is 0. The lowest BCUT2D eigenvalue weighted by Crippen LogP contribution is -2.52. The second-order valence-electron chi connectivity index (χ2n) is 9.98.